The number of nitrogens with zero attached hydrogens (tertiary/aromatic N) is 4. The second kappa shape index (κ2) is 3.15. The number of nitriles is 1. The van der Waals surface area contributed by atoms with E-state index >= 15 is 0 Å². The van der Waals surface area contributed by atoms with E-state index in [2.05, 4.69) is 21.0 Å². The van der Waals surface area contributed by atoms with Crippen molar-refractivity contribution in [2.24, 2.45) is 0 Å². The molecule has 0 aromatic carbocycles. The van der Waals surface area contributed by atoms with Crippen LogP contribution in [0.5, 0.6) is 0 Å². The third-order valence-corrected chi connectivity index (χ3v) is 1.77. The van der Waals surface area contributed by atoms with E-state index in [9.17, 15) is 0 Å². The molecular formula is C9H6N4. The Morgan fingerprint density at radius 2 is 2.31 bits per heavy atom. The Morgan fingerprint density at radius 3 is 3.15 bits per heavy atom. The van der Waals surface area contributed by atoms with Gasteiger partial charge in [-0.25, -0.2) is 9.97 Å². The molecule has 0 radical (unpaired) electrons. The highest BCUT2D eigenvalue weighted by Crippen LogP contribution is 2.12. The molecule has 0 aliphatic rings. The van der Waals surface area contributed by atoms with E-state index in [4.69, 9.17) is 5.26 Å². The molecule has 4 heteroatoms. The van der Waals surface area contributed by atoms with Crippen LogP contribution in [0, 0.1) is 11.3 Å². The van der Waals surface area contributed by atoms with Crippen LogP contribution in [0.15, 0.2) is 24.8 Å². The van der Waals surface area contributed by atoms with Crippen molar-refractivity contribution in [3.8, 4) is 6.07 Å². The Kier molecular flexibility index (Phi) is 1.85. The zero-order valence-electron chi connectivity index (χ0n) is 6.81. The smallest absolute Gasteiger partial charge is 0.116 e. The Labute approximate surface area is 74.9 Å². The lowest BCUT2D eigenvalue weighted by Gasteiger charge is -1.98. The molecule has 13 heavy (non-hydrogen) atoms. The number of hydrogen-bond donors (Lipinski definition) is 0. The summed E-state index contributed by atoms with van der Waals surface area (Å²) < 4.78 is 0. The fraction of sp³-hybridized carbons (Fsp3) is 0.111. The third kappa shape index (κ3) is 1.32. The number of pyridine rings is 1. The van der Waals surface area contributed by atoms with Crippen molar-refractivity contribution in [1.82, 2.24) is 15.0 Å². The molecule has 0 N–H and O–H groups in total. The predicted octanol–water partition coefficient (Wildman–Crippen LogP) is 1.09. The largest absolute Gasteiger partial charge is 0.262 e. The van der Waals surface area contributed by atoms with Gasteiger partial charge < -0.3 is 0 Å². The zero-order valence-corrected chi connectivity index (χ0v) is 6.81. The number of fused-ring (bicyclic) bond motifs is 1. The topological polar surface area (TPSA) is 62.5 Å². The van der Waals surface area contributed by atoms with Crippen molar-refractivity contribution < 1.29 is 0 Å². The molecule has 4 nitrogen and oxygen atoms in total. The normalized spacial score (nSPS) is 9.77. The first-order chi connectivity index (χ1) is 6.42. The molecule has 2 aromatic rings. The molecule has 0 aliphatic carbocycles. The van der Waals surface area contributed by atoms with E-state index in [1.165, 1.54) is 6.33 Å². The highest BCUT2D eigenvalue weighted by atomic mass is 14.8. The van der Waals surface area contributed by atoms with Crippen molar-refractivity contribution in [1.29, 1.82) is 5.26 Å². The molecule has 0 amide bonds. The number of hydrogen-bond acceptors (Lipinski definition) is 4. The first kappa shape index (κ1) is 7.62. The van der Waals surface area contributed by atoms with Crippen molar-refractivity contribution in [3.63, 3.8) is 0 Å². The van der Waals surface area contributed by atoms with E-state index in [0.29, 0.717) is 6.42 Å². The van der Waals surface area contributed by atoms with Gasteiger partial charge in [-0.2, -0.15) is 5.26 Å². The van der Waals surface area contributed by atoms with E-state index in [1.807, 2.05) is 6.07 Å². The molecule has 0 saturated carbocycles. The fourth-order valence-corrected chi connectivity index (χ4v) is 1.18. The summed E-state index contributed by atoms with van der Waals surface area (Å²) in [6.45, 7) is 0. The van der Waals surface area contributed by atoms with Crippen LogP contribution in [0.1, 0.15) is 5.69 Å². The third-order valence-electron chi connectivity index (χ3n) is 1.77. The first-order valence-electron chi connectivity index (χ1n) is 3.82. The minimum absolute atomic E-state index is 0.309. The molecule has 0 saturated heterocycles. The summed E-state index contributed by atoms with van der Waals surface area (Å²) in [6, 6.07) is 3.89. The van der Waals surface area contributed by atoms with E-state index < -0.39 is 0 Å². The van der Waals surface area contributed by atoms with Crippen LogP contribution < -0.4 is 0 Å². The lowest BCUT2D eigenvalue weighted by Crippen LogP contribution is -1.92. The summed E-state index contributed by atoms with van der Waals surface area (Å²) in [7, 11) is 0. The predicted molar refractivity (Wildman–Crippen MR) is 46.7 cm³/mol. The average molecular weight is 170 g/mol. The quantitative estimate of drug-likeness (QED) is 0.642. The Morgan fingerprint density at radius 1 is 1.38 bits per heavy atom. The van der Waals surface area contributed by atoms with Crippen LogP contribution in [-0.2, 0) is 6.42 Å². The summed E-state index contributed by atoms with van der Waals surface area (Å²) in [4.78, 5) is 12.0. The molecule has 0 fully saturated rings. The molecule has 0 aliphatic heterocycles. The Balaban J connectivity index is 2.70. The van der Waals surface area contributed by atoms with Gasteiger partial charge in [-0.15, -0.1) is 0 Å². The molecule has 62 valence electrons. The lowest BCUT2D eigenvalue weighted by atomic mass is 10.2. The van der Waals surface area contributed by atoms with Gasteiger partial charge in [0.1, 0.15) is 6.33 Å². The fourth-order valence-electron chi connectivity index (χ4n) is 1.18. The minimum atomic E-state index is 0.309. The molecule has 2 rings (SSSR count). The molecule has 2 heterocycles. The lowest BCUT2D eigenvalue weighted by molar-refractivity contribution is 1.09. The summed E-state index contributed by atoms with van der Waals surface area (Å²) >= 11 is 0. The van der Waals surface area contributed by atoms with Gasteiger partial charge in [0.25, 0.3) is 0 Å². The summed E-state index contributed by atoms with van der Waals surface area (Å²) in [5.41, 5.74) is 1.54. The Bertz CT molecular complexity index is 467. The summed E-state index contributed by atoms with van der Waals surface area (Å²) in [5, 5.41) is 9.46. The highest BCUT2D eigenvalue weighted by Gasteiger charge is 2.01. The molecule has 2 aromatic heterocycles. The maximum Gasteiger partial charge on any atom is 0.116 e. The van der Waals surface area contributed by atoms with Crippen molar-refractivity contribution in [2.45, 2.75) is 6.42 Å². The van der Waals surface area contributed by atoms with Gasteiger partial charge in [-0.05, 0) is 6.07 Å². The van der Waals surface area contributed by atoms with Gasteiger partial charge in [0.05, 0.1) is 29.9 Å². The molecule has 0 bridgehead atoms. The first-order valence-corrected chi connectivity index (χ1v) is 3.82. The molecular weight excluding hydrogens is 164 g/mol. The average Bonchev–Trinajstić information content (AvgIpc) is 2.19. The second-order valence-corrected chi connectivity index (χ2v) is 2.55. The SMILES string of the molecule is N#CCc1ncnc2cnccc12. The Hall–Kier alpha value is -2.02. The monoisotopic (exact) mass is 170 g/mol. The van der Waals surface area contributed by atoms with Crippen LogP contribution >= 0.6 is 0 Å². The second-order valence-electron chi connectivity index (χ2n) is 2.55. The summed E-state index contributed by atoms with van der Waals surface area (Å²) in [6.07, 6.45) is 5.10. The van der Waals surface area contributed by atoms with Gasteiger partial charge in [-0.1, -0.05) is 0 Å². The number of rotatable bonds is 1. The van der Waals surface area contributed by atoms with Gasteiger partial charge >= 0.3 is 0 Å². The molecule has 0 unspecified atom stereocenters. The maximum atomic E-state index is 8.55. The molecule has 0 atom stereocenters. The van der Waals surface area contributed by atoms with E-state index in [1.54, 1.807) is 12.4 Å². The minimum Gasteiger partial charge on any atom is -0.262 e. The maximum absolute atomic E-state index is 8.55. The highest BCUT2D eigenvalue weighted by molar-refractivity contribution is 5.79. The van der Waals surface area contributed by atoms with Crippen LogP contribution in [0.2, 0.25) is 0 Å². The standard InChI is InChI=1S/C9H6N4/c10-3-1-8-7-2-4-11-5-9(7)13-6-12-8/h2,4-6H,1H2. The van der Waals surface area contributed by atoms with Crippen LogP contribution in [0.4, 0.5) is 0 Å². The summed E-state index contributed by atoms with van der Waals surface area (Å²) in [5.74, 6) is 0. The van der Waals surface area contributed by atoms with E-state index in [0.717, 1.165) is 16.6 Å². The molecule has 0 spiro atoms. The van der Waals surface area contributed by atoms with Gasteiger partial charge in [-0.3, -0.25) is 4.98 Å². The van der Waals surface area contributed by atoms with Crippen molar-refractivity contribution in [3.05, 3.63) is 30.5 Å². The van der Waals surface area contributed by atoms with Crippen LogP contribution in [-0.4, -0.2) is 15.0 Å². The zero-order chi connectivity index (χ0) is 9.10. The van der Waals surface area contributed by atoms with Gasteiger partial charge in [0.15, 0.2) is 0 Å². The van der Waals surface area contributed by atoms with Crippen molar-refractivity contribution >= 4 is 10.9 Å². The van der Waals surface area contributed by atoms with E-state index in [-0.39, 0.29) is 0 Å². The van der Waals surface area contributed by atoms with Crippen molar-refractivity contribution in [2.75, 3.05) is 0 Å². The van der Waals surface area contributed by atoms with Crippen LogP contribution in [0.25, 0.3) is 10.9 Å². The van der Waals surface area contributed by atoms with Gasteiger partial charge in [0, 0.05) is 11.6 Å². The number of aromatic nitrogens is 3. The van der Waals surface area contributed by atoms with Crippen LogP contribution in [0.3, 0.4) is 0 Å². The van der Waals surface area contributed by atoms with Gasteiger partial charge in [0.2, 0.25) is 0 Å².